The first-order chi connectivity index (χ1) is 21.8. The van der Waals surface area contributed by atoms with Gasteiger partial charge in [0.05, 0.1) is 58.9 Å². The van der Waals surface area contributed by atoms with Gasteiger partial charge in [0.15, 0.2) is 0 Å². The van der Waals surface area contributed by atoms with E-state index in [4.69, 9.17) is 5.73 Å². The summed E-state index contributed by atoms with van der Waals surface area (Å²) in [5, 5.41) is 7.27. The topological polar surface area (TPSA) is 235 Å². The van der Waals surface area contributed by atoms with Gasteiger partial charge in [-0.1, -0.05) is 20.3 Å². The van der Waals surface area contributed by atoms with Crippen LogP contribution in [0.5, 0.6) is 0 Å². The number of rotatable bonds is 18. The van der Waals surface area contributed by atoms with E-state index in [1.807, 2.05) is 0 Å². The maximum absolute atomic E-state index is 12.5. The molecule has 0 atom stereocenters. The van der Waals surface area contributed by atoms with Gasteiger partial charge in [0, 0.05) is 42.3 Å². The van der Waals surface area contributed by atoms with Crippen LogP contribution in [-0.2, 0) is 43.2 Å². The number of carbonyl (C=O) groups excluding carboxylic acids is 9. The smallest absolute Gasteiger partial charge is 0.242 e. The zero-order valence-corrected chi connectivity index (χ0v) is 29.0. The Morgan fingerprint density at radius 3 is 1.00 bits per heavy atom. The van der Waals surface area contributed by atoms with E-state index in [0.29, 0.717) is 0 Å². The molecule has 0 aromatic carbocycles. The van der Waals surface area contributed by atoms with E-state index >= 15 is 0 Å². The molecule has 0 heterocycles. The normalized spacial score (nSPS) is 9.89. The van der Waals surface area contributed by atoms with E-state index < -0.39 is 66.9 Å². The molecule has 47 heavy (non-hydrogen) atoms. The molecule has 0 rings (SSSR count). The van der Waals surface area contributed by atoms with Crippen molar-refractivity contribution in [3.63, 3.8) is 0 Å². The predicted octanol–water partition coefficient (Wildman–Crippen LogP) is -4.91. The van der Waals surface area contributed by atoms with E-state index in [2.05, 4.69) is 29.8 Å². The molecule has 0 aliphatic rings. The molecule has 5 N–H and O–H groups in total. The monoisotopic (exact) mass is 672 g/mol. The van der Waals surface area contributed by atoms with Crippen LogP contribution < -0.4 is 21.7 Å². The molecule has 0 radical (unpaired) electrons. The van der Waals surface area contributed by atoms with Crippen LogP contribution >= 0.6 is 0 Å². The Balaban J connectivity index is 0. The summed E-state index contributed by atoms with van der Waals surface area (Å²) < 4.78 is 0. The van der Waals surface area contributed by atoms with Crippen LogP contribution in [0.2, 0.25) is 0 Å². The van der Waals surface area contributed by atoms with Gasteiger partial charge in [-0.25, -0.2) is 0 Å². The molecule has 0 spiro atoms. The van der Waals surface area contributed by atoms with Crippen LogP contribution in [-0.4, -0.2) is 191 Å². The molecule has 0 aromatic rings. The molecule has 0 unspecified atom stereocenters. The van der Waals surface area contributed by atoms with E-state index in [1.54, 1.807) is 7.05 Å². The van der Waals surface area contributed by atoms with Crippen molar-refractivity contribution in [2.75, 3.05) is 108 Å². The number of hydrogen-bond acceptors (Lipinski definition) is 10. The first-order valence-electron chi connectivity index (χ1n) is 14.7. The maximum Gasteiger partial charge on any atom is 0.242 e. The predicted molar refractivity (Wildman–Crippen MR) is 171 cm³/mol. The van der Waals surface area contributed by atoms with Gasteiger partial charge in [0.1, 0.15) is 0 Å². The molecule has 268 valence electrons. The Kier molecular flexibility index (Phi) is 22.2. The van der Waals surface area contributed by atoms with Crippen LogP contribution in [0.25, 0.3) is 0 Å². The van der Waals surface area contributed by atoms with Crippen molar-refractivity contribution in [3.05, 3.63) is 0 Å². The van der Waals surface area contributed by atoms with Crippen molar-refractivity contribution in [1.29, 1.82) is 0 Å². The van der Waals surface area contributed by atoms with Crippen molar-refractivity contribution in [2.45, 2.75) is 20.3 Å². The van der Waals surface area contributed by atoms with Gasteiger partial charge in [-0.3, -0.25) is 43.2 Å². The molecule has 0 aromatic heterocycles. The molecule has 0 saturated heterocycles. The number of nitrogens with two attached hydrogens (primary N) is 1. The number of nitrogens with zero attached hydrogens (tertiary/aromatic N) is 6. The lowest BCUT2D eigenvalue weighted by Gasteiger charge is -2.25. The minimum absolute atomic E-state index is 0.0553. The first kappa shape index (κ1) is 44.3. The van der Waals surface area contributed by atoms with Gasteiger partial charge in [-0.05, 0) is 7.05 Å². The van der Waals surface area contributed by atoms with Crippen LogP contribution in [0.3, 0.4) is 0 Å². The van der Waals surface area contributed by atoms with Gasteiger partial charge in [-0.15, -0.1) is 0 Å². The summed E-state index contributed by atoms with van der Waals surface area (Å²) in [6, 6.07) is 0. The van der Waals surface area contributed by atoms with E-state index in [0.717, 1.165) is 24.5 Å². The lowest BCUT2D eigenvalue weighted by atomic mass is 10.3. The first-order valence-corrected chi connectivity index (χ1v) is 14.7. The van der Waals surface area contributed by atoms with E-state index in [-0.39, 0.29) is 45.2 Å². The van der Waals surface area contributed by atoms with Gasteiger partial charge < -0.3 is 51.1 Å². The molecular formula is C28H52N10O9. The van der Waals surface area contributed by atoms with Crippen molar-refractivity contribution < 1.29 is 43.2 Å². The van der Waals surface area contributed by atoms with Crippen LogP contribution in [0, 0.1) is 0 Å². The van der Waals surface area contributed by atoms with Gasteiger partial charge >= 0.3 is 0 Å². The summed E-state index contributed by atoms with van der Waals surface area (Å²) in [7, 11) is 9.78. The third-order valence-electron chi connectivity index (χ3n) is 6.03. The Hall–Kier alpha value is -4.81. The van der Waals surface area contributed by atoms with Crippen molar-refractivity contribution in [2.24, 2.45) is 5.73 Å². The number of likely N-dealkylation sites (N-methyl/N-ethyl adjacent to an activating group) is 7. The van der Waals surface area contributed by atoms with E-state index in [1.165, 1.54) is 53.6 Å². The molecular weight excluding hydrogens is 620 g/mol. The zero-order valence-electron chi connectivity index (χ0n) is 29.0. The lowest BCUT2D eigenvalue weighted by molar-refractivity contribution is -0.143. The van der Waals surface area contributed by atoms with E-state index in [9.17, 15) is 43.2 Å². The van der Waals surface area contributed by atoms with Crippen molar-refractivity contribution in [1.82, 2.24) is 45.3 Å². The molecule has 19 nitrogen and oxygen atoms in total. The largest absolute Gasteiger partial charge is 0.368 e. The third kappa shape index (κ3) is 20.0. The summed E-state index contributed by atoms with van der Waals surface area (Å²) in [4.78, 5) is 115. The Morgan fingerprint density at radius 2 is 0.702 bits per heavy atom. The number of carbonyl (C=O) groups is 9. The summed E-state index contributed by atoms with van der Waals surface area (Å²) >= 11 is 0. The Bertz CT molecular complexity index is 1120. The zero-order chi connectivity index (χ0) is 36.9. The second-order valence-corrected chi connectivity index (χ2v) is 10.8. The van der Waals surface area contributed by atoms with Gasteiger partial charge in [-0.2, -0.15) is 0 Å². The minimum atomic E-state index is -0.743. The molecule has 0 aliphatic carbocycles. The molecule has 0 fully saturated rings. The summed E-state index contributed by atoms with van der Waals surface area (Å²) in [6.45, 7) is 1.33. The summed E-state index contributed by atoms with van der Waals surface area (Å²) in [6.07, 6.45) is 1.25. The minimum Gasteiger partial charge on any atom is -0.368 e. The average Bonchev–Trinajstić information content (AvgIpc) is 2.98. The third-order valence-corrected chi connectivity index (χ3v) is 6.03. The number of amides is 9. The van der Waals surface area contributed by atoms with Crippen LogP contribution in [0.1, 0.15) is 20.3 Å². The highest BCUT2D eigenvalue weighted by molar-refractivity contribution is 5.93. The van der Waals surface area contributed by atoms with Crippen molar-refractivity contribution in [3.8, 4) is 0 Å². The van der Waals surface area contributed by atoms with Gasteiger partial charge in [0.25, 0.3) is 0 Å². The molecule has 0 bridgehead atoms. The standard InChI is InChI=1S/C25H44N10O9.C3H8/c1-27-9-20(39)32(4)13-24(43)34(6)16-23(42)31(3)12-19(38)29-10-21(40)33(5)14-25(44)35(7)15-22(41)30(2)11-18(37)28-8-17(26)36;1-3-2/h27H,8-16H2,1-7H3,(H2,26,36)(H,28,37)(H,29,38);3H2,1-2H3. The quantitative estimate of drug-likeness (QED) is 0.108. The number of primary amides is 1. The number of hydrogen-bond donors (Lipinski definition) is 4. The lowest BCUT2D eigenvalue weighted by Crippen LogP contribution is -2.49. The number of nitrogens with one attached hydrogen (secondary N) is 3. The maximum atomic E-state index is 12.5. The molecule has 0 aliphatic heterocycles. The Morgan fingerprint density at radius 1 is 0.447 bits per heavy atom. The molecule has 0 saturated carbocycles. The fourth-order valence-electron chi connectivity index (χ4n) is 3.15. The van der Waals surface area contributed by atoms with Crippen LogP contribution in [0.4, 0.5) is 0 Å². The Labute approximate surface area is 276 Å². The molecule has 9 amide bonds. The van der Waals surface area contributed by atoms with Crippen molar-refractivity contribution >= 4 is 53.2 Å². The summed E-state index contributed by atoms with van der Waals surface area (Å²) in [5.41, 5.74) is 4.94. The highest BCUT2D eigenvalue weighted by Gasteiger charge is 2.23. The van der Waals surface area contributed by atoms with Gasteiger partial charge in [0.2, 0.25) is 53.2 Å². The second kappa shape index (κ2) is 23.5. The SMILES string of the molecule is CCC.CNCC(=O)N(C)CC(=O)N(C)CC(=O)N(C)CC(=O)NCC(=O)N(C)CC(=O)N(C)CC(=O)N(C)CC(=O)NCC(N)=O. The molecule has 19 heteroatoms. The van der Waals surface area contributed by atoms with Crippen LogP contribution in [0.15, 0.2) is 0 Å². The highest BCUT2D eigenvalue weighted by Crippen LogP contribution is 1.96. The second-order valence-electron chi connectivity index (χ2n) is 10.8. The highest BCUT2D eigenvalue weighted by atomic mass is 16.2. The fourth-order valence-corrected chi connectivity index (χ4v) is 3.15. The summed E-state index contributed by atoms with van der Waals surface area (Å²) in [5.74, 6) is -5.12. The average molecular weight is 673 g/mol. The fraction of sp³-hybridized carbons (Fsp3) is 0.679.